The fourth-order valence-corrected chi connectivity index (χ4v) is 1.73. The number of aromatic nitrogens is 1. The van der Waals surface area contributed by atoms with Gasteiger partial charge < -0.3 is 9.72 Å². The fourth-order valence-electron chi connectivity index (χ4n) is 1.73. The van der Waals surface area contributed by atoms with E-state index in [9.17, 15) is 4.79 Å². The number of aromatic amines is 1. The van der Waals surface area contributed by atoms with E-state index in [4.69, 9.17) is 4.74 Å². The number of H-pyrrole nitrogens is 1. The van der Waals surface area contributed by atoms with Crippen LogP contribution in [-0.4, -0.2) is 11.0 Å². The number of hydrogen-bond donors (Lipinski definition) is 1. The highest BCUT2D eigenvalue weighted by Gasteiger charge is 2.10. The average Bonchev–Trinajstić information content (AvgIpc) is 2.64. The first kappa shape index (κ1) is 10.7. The number of ether oxygens (including phenoxy) is 1. The number of fused-ring (bicyclic) bond motifs is 1. The van der Waals surface area contributed by atoms with E-state index in [2.05, 4.69) is 24.9 Å². The molecule has 0 bridgehead atoms. The van der Waals surface area contributed by atoms with Crippen LogP contribution in [0.5, 0.6) is 5.75 Å². The highest BCUT2D eigenvalue weighted by molar-refractivity contribution is 5.88. The molecule has 0 radical (unpaired) electrons. The Labute approximate surface area is 94.4 Å². The summed E-state index contributed by atoms with van der Waals surface area (Å²) >= 11 is 0. The van der Waals surface area contributed by atoms with Crippen LogP contribution < -0.4 is 4.74 Å². The molecular formula is C13H15NO2. The molecule has 1 aromatic heterocycles. The summed E-state index contributed by atoms with van der Waals surface area (Å²) in [5.41, 5.74) is 2.16. The average molecular weight is 217 g/mol. The molecule has 0 spiro atoms. The minimum Gasteiger partial charge on any atom is -0.426 e. The van der Waals surface area contributed by atoms with Gasteiger partial charge in [0.15, 0.2) is 0 Å². The largest absolute Gasteiger partial charge is 0.426 e. The van der Waals surface area contributed by atoms with Gasteiger partial charge in [0.25, 0.3) is 0 Å². The monoisotopic (exact) mass is 217 g/mol. The molecule has 3 heteroatoms. The van der Waals surface area contributed by atoms with Crippen molar-refractivity contribution in [3.05, 3.63) is 30.0 Å². The van der Waals surface area contributed by atoms with E-state index < -0.39 is 0 Å². The summed E-state index contributed by atoms with van der Waals surface area (Å²) in [6, 6.07) is 5.94. The second-order valence-electron chi connectivity index (χ2n) is 4.21. The first-order valence-electron chi connectivity index (χ1n) is 5.37. The first-order valence-corrected chi connectivity index (χ1v) is 5.37. The lowest BCUT2D eigenvalue weighted by molar-refractivity contribution is -0.131. The zero-order chi connectivity index (χ0) is 11.7. The number of hydrogen-bond acceptors (Lipinski definition) is 2. The molecule has 1 heterocycles. The molecule has 0 fully saturated rings. The maximum absolute atomic E-state index is 11.0. The van der Waals surface area contributed by atoms with Crippen molar-refractivity contribution in [3.63, 3.8) is 0 Å². The third kappa shape index (κ3) is 1.94. The Balaban J connectivity index is 2.58. The van der Waals surface area contributed by atoms with Crippen LogP contribution in [0.1, 0.15) is 32.3 Å². The summed E-state index contributed by atoms with van der Waals surface area (Å²) in [6.07, 6.45) is 1.85. The van der Waals surface area contributed by atoms with Crippen LogP contribution in [-0.2, 0) is 4.79 Å². The zero-order valence-corrected chi connectivity index (χ0v) is 9.70. The van der Waals surface area contributed by atoms with E-state index in [1.807, 2.05) is 18.3 Å². The summed E-state index contributed by atoms with van der Waals surface area (Å²) in [6.45, 7) is 5.64. The summed E-state index contributed by atoms with van der Waals surface area (Å²) in [4.78, 5) is 14.2. The third-order valence-electron chi connectivity index (χ3n) is 2.57. The molecule has 0 aliphatic heterocycles. The van der Waals surface area contributed by atoms with Crippen LogP contribution in [0.2, 0.25) is 0 Å². The van der Waals surface area contributed by atoms with Gasteiger partial charge in [0.05, 0.1) is 0 Å². The van der Waals surface area contributed by atoms with Crippen molar-refractivity contribution in [3.8, 4) is 5.75 Å². The highest BCUT2D eigenvalue weighted by Crippen LogP contribution is 2.30. The van der Waals surface area contributed by atoms with Crippen molar-refractivity contribution in [2.45, 2.75) is 26.7 Å². The summed E-state index contributed by atoms with van der Waals surface area (Å²) in [7, 11) is 0. The van der Waals surface area contributed by atoms with Gasteiger partial charge in [-0.3, -0.25) is 4.79 Å². The quantitative estimate of drug-likeness (QED) is 0.620. The van der Waals surface area contributed by atoms with Crippen LogP contribution in [0, 0.1) is 0 Å². The van der Waals surface area contributed by atoms with Crippen molar-refractivity contribution in [1.82, 2.24) is 4.98 Å². The van der Waals surface area contributed by atoms with Crippen LogP contribution in [0.3, 0.4) is 0 Å². The lowest BCUT2D eigenvalue weighted by Gasteiger charge is -2.09. The maximum atomic E-state index is 11.0. The van der Waals surface area contributed by atoms with Crippen LogP contribution in [0.15, 0.2) is 24.4 Å². The normalized spacial score (nSPS) is 11.0. The van der Waals surface area contributed by atoms with Gasteiger partial charge in [-0.25, -0.2) is 0 Å². The van der Waals surface area contributed by atoms with Crippen molar-refractivity contribution in [2.75, 3.05) is 0 Å². The van der Waals surface area contributed by atoms with Gasteiger partial charge in [0.2, 0.25) is 0 Å². The number of carbonyl (C=O) groups is 1. The van der Waals surface area contributed by atoms with E-state index in [0.29, 0.717) is 11.7 Å². The predicted molar refractivity (Wildman–Crippen MR) is 63.7 cm³/mol. The summed E-state index contributed by atoms with van der Waals surface area (Å²) in [5.74, 6) is 0.750. The maximum Gasteiger partial charge on any atom is 0.308 e. The minimum absolute atomic E-state index is 0.289. The molecule has 0 unspecified atom stereocenters. The van der Waals surface area contributed by atoms with Gasteiger partial charge in [0.1, 0.15) is 5.75 Å². The molecule has 2 rings (SSSR count). The van der Waals surface area contributed by atoms with E-state index in [-0.39, 0.29) is 5.97 Å². The van der Waals surface area contributed by atoms with Crippen LogP contribution in [0.25, 0.3) is 10.9 Å². The van der Waals surface area contributed by atoms with Gasteiger partial charge in [-0.15, -0.1) is 0 Å². The first-order chi connectivity index (χ1) is 7.58. The van der Waals surface area contributed by atoms with Gasteiger partial charge in [-0.05, 0) is 29.7 Å². The van der Waals surface area contributed by atoms with E-state index in [0.717, 1.165) is 16.5 Å². The Kier molecular flexibility index (Phi) is 2.69. The predicted octanol–water partition coefficient (Wildman–Crippen LogP) is 3.22. The number of esters is 1. The van der Waals surface area contributed by atoms with E-state index in [1.54, 1.807) is 0 Å². The Bertz CT molecular complexity index is 526. The topological polar surface area (TPSA) is 42.1 Å². The molecule has 3 nitrogen and oxygen atoms in total. The molecule has 16 heavy (non-hydrogen) atoms. The Morgan fingerprint density at radius 3 is 2.75 bits per heavy atom. The van der Waals surface area contributed by atoms with Gasteiger partial charge in [0, 0.05) is 24.0 Å². The molecule has 1 N–H and O–H groups in total. The zero-order valence-electron chi connectivity index (χ0n) is 9.70. The lowest BCUT2D eigenvalue weighted by Crippen LogP contribution is -2.02. The van der Waals surface area contributed by atoms with Gasteiger partial charge >= 0.3 is 5.97 Å². The number of benzene rings is 1. The minimum atomic E-state index is -0.289. The second kappa shape index (κ2) is 4.00. The second-order valence-corrected chi connectivity index (χ2v) is 4.21. The van der Waals surface area contributed by atoms with E-state index >= 15 is 0 Å². The lowest BCUT2D eigenvalue weighted by atomic mass is 10.0. The third-order valence-corrected chi connectivity index (χ3v) is 2.57. The molecule has 0 saturated heterocycles. The highest BCUT2D eigenvalue weighted by atomic mass is 16.5. The van der Waals surface area contributed by atoms with Crippen LogP contribution in [0.4, 0.5) is 0 Å². The van der Waals surface area contributed by atoms with Gasteiger partial charge in [-0.1, -0.05) is 13.8 Å². The number of rotatable bonds is 2. The summed E-state index contributed by atoms with van der Waals surface area (Å²) in [5, 5.41) is 0.944. The number of nitrogens with one attached hydrogen (secondary N) is 1. The molecule has 84 valence electrons. The van der Waals surface area contributed by atoms with Crippen molar-refractivity contribution < 1.29 is 9.53 Å². The Morgan fingerprint density at radius 2 is 2.12 bits per heavy atom. The molecule has 0 amide bonds. The Morgan fingerprint density at radius 1 is 1.38 bits per heavy atom. The van der Waals surface area contributed by atoms with Crippen molar-refractivity contribution in [1.29, 1.82) is 0 Å². The van der Waals surface area contributed by atoms with E-state index in [1.165, 1.54) is 6.92 Å². The molecule has 1 aromatic carbocycles. The Hall–Kier alpha value is -1.77. The summed E-state index contributed by atoms with van der Waals surface area (Å²) < 4.78 is 5.22. The van der Waals surface area contributed by atoms with Crippen molar-refractivity contribution >= 4 is 16.9 Å². The molecule has 0 aliphatic rings. The van der Waals surface area contributed by atoms with Gasteiger partial charge in [-0.2, -0.15) is 0 Å². The standard InChI is InChI=1S/C13H15NO2/c1-8(2)10-6-12-11(4-5-14-12)13(7-10)16-9(3)15/h4-8,14H,1-3H3. The molecule has 2 aromatic rings. The number of carbonyl (C=O) groups excluding carboxylic acids is 1. The van der Waals surface area contributed by atoms with Crippen LogP contribution >= 0.6 is 0 Å². The smallest absolute Gasteiger partial charge is 0.308 e. The molecule has 0 aliphatic carbocycles. The fraction of sp³-hybridized carbons (Fsp3) is 0.308. The molecule has 0 atom stereocenters. The molecule has 0 saturated carbocycles. The molecular weight excluding hydrogens is 202 g/mol. The van der Waals surface area contributed by atoms with Crippen molar-refractivity contribution in [2.24, 2.45) is 0 Å². The SMILES string of the molecule is CC(=O)Oc1cc(C(C)C)cc2[nH]ccc12.